The number of aliphatic hydroxyl groups is 1. The molecular weight excluding hydrogens is 221 g/mol. The zero-order chi connectivity index (χ0) is 12.3. The minimum absolute atomic E-state index is 0.0117. The molecular formula is C13H16FNO2. The molecule has 1 saturated carbocycles. The largest absolute Gasteiger partial charge is 0.394 e. The Morgan fingerprint density at radius 3 is 2.47 bits per heavy atom. The summed E-state index contributed by atoms with van der Waals surface area (Å²) in [5, 5.41) is 12.1. The summed E-state index contributed by atoms with van der Waals surface area (Å²) in [5.41, 5.74) is 0.369. The van der Waals surface area contributed by atoms with E-state index in [1.165, 1.54) is 12.1 Å². The molecule has 0 aliphatic heterocycles. The second-order valence-electron chi connectivity index (χ2n) is 4.64. The van der Waals surface area contributed by atoms with Crippen LogP contribution < -0.4 is 5.32 Å². The molecule has 2 N–H and O–H groups in total. The molecule has 0 radical (unpaired) electrons. The van der Waals surface area contributed by atoms with Crippen LogP contribution in [0, 0.1) is 5.82 Å². The molecule has 3 nitrogen and oxygen atoms in total. The van der Waals surface area contributed by atoms with E-state index in [2.05, 4.69) is 5.32 Å². The summed E-state index contributed by atoms with van der Waals surface area (Å²) in [6.07, 6.45) is 2.93. The van der Waals surface area contributed by atoms with Crippen LogP contribution in [0.25, 0.3) is 0 Å². The highest BCUT2D eigenvalue weighted by Crippen LogP contribution is 2.31. The van der Waals surface area contributed by atoms with Gasteiger partial charge in [-0.1, -0.05) is 12.1 Å². The number of carbonyl (C=O) groups is 1. The molecule has 0 bridgehead atoms. The van der Waals surface area contributed by atoms with E-state index in [9.17, 15) is 14.3 Å². The van der Waals surface area contributed by atoms with Crippen LogP contribution in [0.4, 0.5) is 4.39 Å². The maximum atomic E-state index is 12.7. The van der Waals surface area contributed by atoms with Crippen LogP contribution in [0.5, 0.6) is 0 Å². The second kappa shape index (κ2) is 4.84. The highest BCUT2D eigenvalue weighted by atomic mass is 19.1. The summed E-state index contributed by atoms with van der Waals surface area (Å²) in [5.74, 6) is -0.426. The summed E-state index contributed by atoms with van der Waals surface area (Å²) in [6, 6.07) is 5.88. The van der Waals surface area contributed by atoms with E-state index in [1.54, 1.807) is 12.1 Å². The first-order valence-electron chi connectivity index (χ1n) is 5.80. The standard InChI is InChI=1S/C13H16FNO2/c14-11-4-2-10(3-5-11)8-12(17)15-13(9-16)6-1-7-13/h2-5,16H,1,6-9H2,(H,15,17). The number of rotatable bonds is 4. The molecule has 0 unspecified atom stereocenters. The van der Waals surface area contributed by atoms with Crippen molar-refractivity contribution in [2.45, 2.75) is 31.2 Å². The van der Waals surface area contributed by atoms with Gasteiger partial charge in [0.2, 0.25) is 5.91 Å². The second-order valence-corrected chi connectivity index (χ2v) is 4.64. The van der Waals surface area contributed by atoms with Gasteiger partial charge in [0, 0.05) is 0 Å². The van der Waals surface area contributed by atoms with Crippen molar-refractivity contribution in [3.05, 3.63) is 35.6 Å². The summed E-state index contributed by atoms with van der Waals surface area (Å²) in [7, 11) is 0. The molecule has 4 heteroatoms. The lowest BCUT2D eigenvalue weighted by Crippen LogP contribution is -2.56. The number of hydrogen-bond acceptors (Lipinski definition) is 2. The summed E-state index contributed by atoms with van der Waals surface area (Å²) in [6.45, 7) is -0.0117. The number of aliphatic hydroxyl groups excluding tert-OH is 1. The molecule has 1 aliphatic carbocycles. The van der Waals surface area contributed by atoms with Crippen LogP contribution >= 0.6 is 0 Å². The predicted molar refractivity (Wildman–Crippen MR) is 61.9 cm³/mol. The molecule has 1 amide bonds. The van der Waals surface area contributed by atoms with Crippen LogP contribution in [-0.4, -0.2) is 23.2 Å². The zero-order valence-corrected chi connectivity index (χ0v) is 9.58. The molecule has 0 spiro atoms. The van der Waals surface area contributed by atoms with E-state index in [4.69, 9.17) is 0 Å². The third-order valence-corrected chi connectivity index (χ3v) is 3.30. The van der Waals surface area contributed by atoms with Crippen molar-refractivity contribution in [1.29, 1.82) is 0 Å². The minimum Gasteiger partial charge on any atom is -0.394 e. The number of halogens is 1. The molecule has 1 aliphatic rings. The van der Waals surface area contributed by atoms with Crippen LogP contribution in [0.1, 0.15) is 24.8 Å². The predicted octanol–water partition coefficient (Wildman–Crippen LogP) is 1.40. The van der Waals surface area contributed by atoms with Crippen LogP contribution in [0.3, 0.4) is 0 Å². The smallest absolute Gasteiger partial charge is 0.224 e. The van der Waals surface area contributed by atoms with Gasteiger partial charge in [0.05, 0.1) is 18.6 Å². The number of benzene rings is 1. The molecule has 1 fully saturated rings. The molecule has 92 valence electrons. The molecule has 0 aromatic heterocycles. The Bertz CT molecular complexity index is 393. The molecule has 1 aromatic carbocycles. The van der Waals surface area contributed by atoms with Gasteiger partial charge in [0.15, 0.2) is 0 Å². The lowest BCUT2D eigenvalue weighted by molar-refractivity contribution is -0.124. The van der Waals surface area contributed by atoms with Gasteiger partial charge in [-0.3, -0.25) is 4.79 Å². The van der Waals surface area contributed by atoms with E-state index < -0.39 is 5.54 Å². The quantitative estimate of drug-likeness (QED) is 0.831. The lowest BCUT2D eigenvalue weighted by atomic mass is 9.77. The first kappa shape index (κ1) is 12.0. The van der Waals surface area contributed by atoms with Crippen LogP contribution in [0.2, 0.25) is 0 Å². The third-order valence-electron chi connectivity index (χ3n) is 3.30. The van der Waals surface area contributed by atoms with Gasteiger partial charge in [-0.05, 0) is 37.0 Å². The molecule has 0 atom stereocenters. The minimum atomic E-state index is -0.406. The van der Waals surface area contributed by atoms with Gasteiger partial charge in [0.1, 0.15) is 5.82 Å². The SMILES string of the molecule is O=C(Cc1ccc(F)cc1)NC1(CO)CCC1. The molecule has 1 aromatic rings. The first-order chi connectivity index (χ1) is 8.13. The van der Waals surface area contributed by atoms with Crippen molar-refractivity contribution in [3.63, 3.8) is 0 Å². The van der Waals surface area contributed by atoms with E-state index in [0.29, 0.717) is 0 Å². The van der Waals surface area contributed by atoms with Crippen molar-refractivity contribution >= 4 is 5.91 Å². The Labute approximate surface area is 99.7 Å². The zero-order valence-electron chi connectivity index (χ0n) is 9.58. The van der Waals surface area contributed by atoms with Crippen molar-refractivity contribution in [3.8, 4) is 0 Å². The van der Waals surface area contributed by atoms with E-state index in [1.807, 2.05) is 0 Å². The molecule has 0 heterocycles. The van der Waals surface area contributed by atoms with Crippen molar-refractivity contribution in [2.75, 3.05) is 6.61 Å². The van der Waals surface area contributed by atoms with Gasteiger partial charge >= 0.3 is 0 Å². The highest BCUT2D eigenvalue weighted by molar-refractivity contribution is 5.79. The Balaban J connectivity index is 1.91. The fraction of sp³-hybridized carbons (Fsp3) is 0.462. The van der Waals surface area contributed by atoms with Gasteiger partial charge in [0.25, 0.3) is 0 Å². The summed E-state index contributed by atoms with van der Waals surface area (Å²) < 4.78 is 12.7. The molecule has 0 saturated heterocycles. The maximum Gasteiger partial charge on any atom is 0.224 e. The first-order valence-corrected chi connectivity index (χ1v) is 5.80. The summed E-state index contributed by atoms with van der Waals surface area (Å²) >= 11 is 0. The van der Waals surface area contributed by atoms with Crippen molar-refractivity contribution in [1.82, 2.24) is 5.32 Å². The van der Waals surface area contributed by atoms with E-state index in [-0.39, 0.29) is 24.8 Å². The Morgan fingerprint density at radius 1 is 1.35 bits per heavy atom. The fourth-order valence-corrected chi connectivity index (χ4v) is 2.05. The van der Waals surface area contributed by atoms with Crippen molar-refractivity contribution < 1.29 is 14.3 Å². The number of hydrogen-bond donors (Lipinski definition) is 2. The van der Waals surface area contributed by atoms with Gasteiger partial charge in [-0.25, -0.2) is 4.39 Å². The topological polar surface area (TPSA) is 49.3 Å². The average molecular weight is 237 g/mol. The third kappa shape index (κ3) is 2.82. The molecule has 2 rings (SSSR count). The Kier molecular flexibility index (Phi) is 3.43. The number of carbonyl (C=O) groups excluding carboxylic acids is 1. The van der Waals surface area contributed by atoms with E-state index in [0.717, 1.165) is 24.8 Å². The lowest BCUT2D eigenvalue weighted by Gasteiger charge is -2.41. The van der Waals surface area contributed by atoms with E-state index >= 15 is 0 Å². The molecule has 17 heavy (non-hydrogen) atoms. The fourth-order valence-electron chi connectivity index (χ4n) is 2.05. The normalized spacial score (nSPS) is 17.3. The Morgan fingerprint density at radius 2 is 2.00 bits per heavy atom. The summed E-state index contributed by atoms with van der Waals surface area (Å²) in [4.78, 5) is 11.7. The maximum absolute atomic E-state index is 12.7. The van der Waals surface area contributed by atoms with Gasteiger partial charge in [-0.15, -0.1) is 0 Å². The number of amides is 1. The highest BCUT2D eigenvalue weighted by Gasteiger charge is 2.37. The van der Waals surface area contributed by atoms with Crippen LogP contribution in [0.15, 0.2) is 24.3 Å². The monoisotopic (exact) mass is 237 g/mol. The van der Waals surface area contributed by atoms with Crippen molar-refractivity contribution in [2.24, 2.45) is 0 Å². The number of nitrogens with one attached hydrogen (secondary N) is 1. The van der Waals surface area contributed by atoms with Crippen LogP contribution in [-0.2, 0) is 11.2 Å². The van der Waals surface area contributed by atoms with Gasteiger partial charge < -0.3 is 10.4 Å². The van der Waals surface area contributed by atoms with Gasteiger partial charge in [-0.2, -0.15) is 0 Å². The Hall–Kier alpha value is -1.42. The average Bonchev–Trinajstić information content (AvgIpc) is 2.27.